The third kappa shape index (κ3) is 4.81. The van der Waals surface area contributed by atoms with Crippen LogP contribution in [0.1, 0.15) is 40.5 Å². The molecule has 0 radical (unpaired) electrons. The van der Waals surface area contributed by atoms with Crippen LogP contribution in [0.25, 0.3) is 10.9 Å². The summed E-state index contributed by atoms with van der Waals surface area (Å²) in [6.07, 6.45) is 6.64. The Kier molecular flexibility index (Phi) is 7.26. The summed E-state index contributed by atoms with van der Waals surface area (Å²) < 4.78 is 5.93. The summed E-state index contributed by atoms with van der Waals surface area (Å²) in [5.41, 5.74) is 1.55. The van der Waals surface area contributed by atoms with Gasteiger partial charge in [-0.15, -0.1) is 0 Å². The summed E-state index contributed by atoms with van der Waals surface area (Å²) in [5.74, 6) is 0.740. The van der Waals surface area contributed by atoms with Gasteiger partial charge in [0.1, 0.15) is 11.3 Å². The molecule has 2 heterocycles. The summed E-state index contributed by atoms with van der Waals surface area (Å²) in [5, 5.41) is 10.5. The number of amides is 1. The van der Waals surface area contributed by atoms with Crippen LogP contribution in [0.3, 0.4) is 0 Å². The lowest BCUT2D eigenvalue weighted by molar-refractivity contribution is -0.130. The van der Waals surface area contributed by atoms with E-state index in [9.17, 15) is 4.79 Å². The Morgan fingerprint density at radius 2 is 2.09 bits per heavy atom. The van der Waals surface area contributed by atoms with E-state index >= 15 is 0 Å². The van der Waals surface area contributed by atoms with Crippen LogP contribution >= 0.6 is 12.2 Å². The third-order valence-electron chi connectivity index (χ3n) is 5.54. The Hall–Kier alpha value is -3.24. The average molecular weight is 449 g/mol. The average Bonchev–Trinajstić information content (AvgIpc) is 2.96. The van der Waals surface area contributed by atoms with Crippen molar-refractivity contribution >= 4 is 34.1 Å². The largest absolute Gasteiger partial charge is 0.494 e. The van der Waals surface area contributed by atoms with E-state index in [1.165, 1.54) is 0 Å². The second kappa shape index (κ2) is 9.92. The zero-order valence-corrected chi connectivity index (χ0v) is 19.8. The molecule has 32 heavy (non-hydrogen) atoms. The van der Waals surface area contributed by atoms with Gasteiger partial charge in [-0.1, -0.05) is 13.0 Å². The van der Waals surface area contributed by atoms with E-state index in [0.29, 0.717) is 36.7 Å². The van der Waals surface area contributed by atoms with Crippen LogP contribution in [0.4, 0.5) is 0 Å². The highest BCUT2D eigenvalue weighted by atomic mass is 32.1. The molecule has 0 spiro atoms. The summed E-state index contributed by atoms with van der Waals surface area (Å²) in [6, 6.07) is 11.8. The molecule has 7 heteroatoms. The molecule has 0 N–H and O–H groups in total. The Labute approximate surface area is 194 Å². The first-order chi connectivity index (χ1) is 15.3. The molecule has 0 aliphatic carbocycles. The third-order valence-corrected chi connectivity index (χ3v) is 5.95. The molecule has 1 aromatic heterocycles. The van der Waals surface area contributed by atoms with Crippen molar-refractivity contribution < 1.29 is 9.53 Å². The number of thiocarbonyl (C=S) groups is 1. The summed E-state index contributed by atoms with van der Waals surface area (Å²) >= 11 is 5.69. The van der Waals surface area contributed by atoms with Gasteiger partial charge in [0.25, 0.3) is 5.91 Å². The van der Waals surface area contributed by atoms with E-state index in [0.717, 1.165) is 22.3 Å². The topological polar surface area (TPSA) is 69.5 Å². The minimum atomic E-state index is -0.742. The van der Waals surface area contributed by atoms with E-state index in [-0.39, 0.29) is 5.91 Å². The zero-order valence-electron chi connectivity index (χ0n) is 19.0. The molecule has 0 atom stereocenters. The Morgan fingerprint density at radius 1 is 1.31 bits per heavy atom. The standard InChI is InChI=1S/C25H28N4O2S/c1-5-20(10-9-18(2)17-26)29-23(30)25(3,4)28(24(29)32)14-7-15-31-21-11-12-22-19(16-21)8-6-13-27-22/h6,8-13,16H,5,7,14-15H2,1-4H3. The van der Waals surface area contributed by atoms with Crippen molar-refractivity contribution in [3.8, 4) is 11.8 Å². The number of carbonyl (C=O) groups is 1. The molecule has 1 aromatic carbocycles. The number of hydrogen-bond donors (Lipinski definition) is 0. The fourth-order valence-corrected chi connectivity index (χ4v) is 4.15. The van der Waals surface area contributed by atoms with Gasteiger partial charge < -0.3 is 9.64 Å². The Balaban J connectivity index is 1.66. The number of nitrogens with zero attached hydrogens (tertiary/aromatic N) is 4. The molecule has 0 unspecified atom stereocenters. The number of carbonyl (C=O) groups excluding carboxylic acids is 1. The molecule has 0 bridgehead atoms. The van der Waals surface area contributed by atoms with Crippen molar-refractivity contribution in [3.63, 3.8) is 0 Å². The SMILES string of the molecule is CCC(=CC=C(C)C#N)N1C(=O)C(C)(C)N(CCCOc2ccc3ncccc3c2)C1=S. The van der Waals surface area contributed by atoms with Crippen LogP contribution in [-0.4, -0.2) is 44.5 Å². The van der Waals surface area contributed by atoms with Crippen LogP contribution in [0.5, 0.6) is 5.75 Å². The highest BCUT2D eigenvalue weighted by molar-refractivity contribution is 7.80. The van der Waals surface area contributed by atoms with E-state index in [1.807, 2.05) is 56.0 Å². The first-order valence-electron chi connectivity index (χ1n) is 10.7. The summed E-state index contributed by atoms with van der Waals surface area (Å²) in [7, 11) is 0. The van der Waals surface area contributed by atoms with Gasteiger partial charge in [-0.05, 0) is 82.2 Å². The fraction of sp³-hybridized carbons (Fsp3) is 0.360. The number of aromatic nitrogens is 1. The molecule has 1 amide bonds. The smallest absolute Gasteiger partial charge is 0.258 e. The molecule has 3 rings (SSSR count). The highest BCUT2D eigenvalue weighted by Gasteiger charge is 2.49. The lowest BCUT2D eigenvalue weighted by atomic mass is 10.0. The lowest BCUT2D eigenvalue weighted by Crippen LogP contribution is -2.44. The molecule has 166 valence electrons. The van der Waals surface area contributed by atoms with Gasteiger partial charge in [0.2, 0.25) is 0 Å². The zero-order chi connectivity index (χ0) is 23.3. The van der Waals surface area contributed by atoms with Gasteiger partial charge in [0, 0.05) is 29.4 Å². The monoisotopic (exact) mass is 448 g/mol. The number of ether oxygens (including phenoxy) is 1. The Bertz CT molecular complexity index is 1130. The van der Waals surface area contributed by atoms with E-state index < -0.39 is 5.54 Å². The molecule has 1 aliphatic heterocycles. The number of hydrogen-bond acceptors (Lipinski definition) is 5. The van der Waals surface area contributed by atoms with Crippen molar-refractivity contribution in [2.75, 3.05) is 13.2 Å². The van der Waals surface area contributed by atoms with Gasteiger partial charge in [0.05, 0.1) is 18.2 Å². The lowest BCUT2D eigenvalue weighted by Gasteiger charge is -2.29. The molecule has 1 fully saturated rings. The maximum Gasteiger partial charge on any atom is 0.258 e. The van der Waals surface area contributed by atoms with E-state index in [4.69, 9.17) is 22.2 Å². The number of benzene rings is 1. The van der Waals surface area contributed by atoms with Gasteiger partial charge in [-0.2, -0.15) is 5.26 Å². The second-order valence-corrected chi connectivity index (χ2v) is 8.53. The predicted octanol–water partition coefficient (Wildman–Crippen LogP) is 4.98. The van der Waals surface area contributed by atoms with Crippen LogP contribution in [0, 0.1) is 11.3 Å². The minimum absolute atomic E-state index is 0.0541. The van der Waals surface area contributed by atoms with E-state index in [2.05, 4.69) is 11.1 Å². The fourth-order valence-electron chi connectivity index (χ4n) is 3.63. The molecular weight excluding hydrogens is 420 g/mol. The number of nitriles is 1. The van der Waals surface area contributed by atoms with Crippen LogP contribution in [-0.2, 0) is 4.79 Å². The quantitative estimate of drug-likeness (QED) is 0.246. The molecule has 6 nitrogen and oxygen atoms in total. The minimum Gasteiger partial charge on any atom is -0.494 e. The molecule has 2 aromatic rings. The van der Waals surface area contributed by atoms with Crippen molar-refractivity contribution in [2.24, 2.45) is 0 Å². The van der Waals surface area contributed by atoms with Gasteiger partial charge in [0.15, 0.2) is 5.11 Å². The summed E-state index contributed by atoms with van der Waals surface area (Å²) in [4.78, 5) is 21.1. The molecule has 1 aliphatic rings. The predicted molar refractivity (Wildman–Crippen MR) is 130 cm³/mol. The first kappa shape index (κ1) is 23.4. The van der Waals surface area contributed by atoms with Crippen molar-refractivity contribution in [1.82, 2.24) is 14.8 Å². The number of fused-ring (bicyclic) bond motifs is 1. The second-order valence-electron chi connectivity index (χ2n) is 8.17. The van der Waals surface area contributed by atoms with Crippen molar-refractivity contribution in [2.45, 2.75) is 46.1 Å². The first-order valence-corrected chi connectivity index (χ1v) is 11.1. The summed E-state index contributed by atoms with van der Waals surface area (Å²) in [6.45, 7) is 8.60. The normalized spacial score (nSPS) is 16.6. The molecule has 0 saturated carbocycles. The van der Waals surface area contributed by atoms with E-state index in [1.54, 1.807) is 30.2 Å². The van der Waals surface area contributed by atoms with Crippen LogP contribution in [0.15, 0.2) is 60.0 Å². The molecular formula is C25H28N4O2S. The maximum absolute atomic E-state index is 13.2. The van der Waals surface area contributed by atoms with Gasteiger partial charge in [-0.3, -0.25) is 14.7 Å². The highest BCUT2D eigenvalue weighted by Crippen LogP contribution is 2.32. The van der Waals surface area contributed by atoms with Crippen molar-refractivity contribution in [1.29, 1.82) is 5.26 Å². The van der Waals surface area contributed by atoms with Gasteiger partial charge in [-0.25, -0.2) is 0 Å². The Morgan fingerprint density at radius 3 is 2.81 bits per heavy atom. The van der Waals surface area contributed by atoms with Crippen LogP contribution in [0.2, 0.25) is 0 Å². The number of allylic oxidation sites excluding steroid dienone is 4. The maximum atomic E-state index is 13.2. The molecule has 1 saturated heterocycles. The van der Waals surface area contributed by atoms with Gasteiger partial charge >= 0.3 is 0 Å². The number of pyridine rings is 1. The van der Waals surface area contributed by atoms with Crippen LogP contribution < -0.4 is 4.74 Å². The number of rotatable bonds is 8. The van der Waals surface area contributed by atoms with Crippen molar-refractivity contribution in [3.05, 3.63) is 60.0 Å².